The van der Waals surface area contributed by atoms with Crippen LogP contribution in [0.4, 0.5) is 5.69 Å². The number of β-amino-alcohol motifs (C(OH)–C–C–N with tert-alkyl or cyclic N) is 1. The molecule has 1 aromatic carbocycles. The number of nitro benzene ring substituents is 1. The summed E-state index contributed by atoms with van der Waals surface area (Å²) in [5, 5.41) is 33.2. The van der Waals surface area contributed by atoms with Gasteiger partial charge in [-0.2, -0.15) is 0 Å². The van der Waals surface area contributed by atoms with Crippen molar-refractivity contribution < 1.29 is 15.1 Å². The molecule has 6 heteroatoms. The lowest BCUT2D eigenvalue weighted by Gasteiger charge is -2.21. The molecule has 1 saturated heterocycles. The first-order valence-electron chi connectivity index (χ1n) is 5.40. The fourth-order valence-corrected chi connectivity index (χ4v) is 2.09. The molecule has 0 bridgehead atoms. The van der Waals surface area contributed by atoms with Crippen LogP contribution in [-0.2, 0) is 6.42 Å². The first-order chi connectivity index (χ1) is 8.00. The van der Waals surface area contributed by atoms with Crippen molar-refractivity contribution in [1.29, 1.82) is 0 Å². The van der Waals surface area contributed by atoms with Crippen LogP contribution in [-0.4, -0.2) is 33.8 Å². The van der Waals surface area contributed by atoms with Gasteiger partial charge in [0.05, 0.1) is 10.5 Å². The van der Waals surface area contributed by atoms with Crippen LogP contribution in [0.1, 0.15) is 12.0 Å². The van der Waals surface area contributed by atoms with E-state index in [1.807, 2.05) is 0 Å². The molecule has 0 amide bonds. The van der Waals surface area contributed by atoms with Gasteiger partial charge in [0, 0.05) is 19.0 Å². The normalized spacial score (nSPS) is 23.8. The summed E-state index contributed by atoms with van der Waals surface area (Å²) < 4.78 is 0. The van der Waals surface area contributed by atoms with Crippen LogP contribution in [0.25, 0.3) is 0 Å². The molecule has 6 nitrogen and oxygen atoms in total. The van der Waals surface area contributed by atoms with E-state index in [1.165, 1.54) is 12.1 Å². The average Bonchev–Trinajstić information content (AvgIpc) is 2.67. The van der Waals surface area contributed by atoms with Crippen molar-refractivity contribution in [3.8, 4) is 5.75 Å². The highest BCUT2D eigenvalue weighted by molar-refractivity contribution is 5.47. The van der Waals surface area contributed by atoms with E-state index >= 15 is 0 Å². The van der Waals surface area contributed by atoms with Gasteiger partial charge in [0.1, 0.15) is 0 Å². The third kappa shape index (κ3) is 2.54. The van der Waals surface area contributed by atoms with E-state index in [4.69, 9.17) is 0 Å². The molecule has 92 valence electrons. The average molecular weight is 238 g/mol. The molecule has 0 aliphatic carbocycles. The van der Waals surface area contributed by atoms with Crippen LogP contribution < -0.4 is 5.32 Å². The number of aromatic hydroxyl groups is 1. The monoisotopic (exact) mass is 238 g/mol. The molecule has 1 aromatic rings. The number of hydrogen-bond acceptors (Lipinski definition) is 5. The maximum atomic E-state index is 10.7. The Bertz CT molecular complexity index is 441. The van der Waals surface area contributed by atoms with Crippen molar-refractivity contribution in [2.75, 3.05) is 13.1 Å². The van der Waals surface area contributed by atoms with Gasteiger partial charge in [-0.3, -0.25) is 10.1 Å². The number of nitrogens with one attached hydrogen (secondary N) is 1. The number of nitrogens with zero attached hydrogens (tertiary/aromatic N) is 1. The van der Waals surface area contributed by atoms with E-state index in [-0.39, 0.29) is 11.4 Å². The number of phenolic OH excluding ortho intramolecular Hbond substituents is 1. The smallest absolute Gasteiger partial charge is 0.310 e. The summed E-state index contributed by atoms with van der Waals surface area (Å²) in [5.41, 5.74) is -0.511. The largest absolute Gasteiger partial charge is 0.502 e. The summed E-state index contributed by atoms with van der Waals surface area (Å²) in [6.07, 6.45) is 0.975. The SMILES string of the molecule is O=[N+]([O-])c1cc(CC2(O)CCNC2)ccc1O. The molecule has 0 saturated carbocycles. The molecule has 2 rings (SSSR count). The molecule has 1 atom stereocenters. The summed E-state index contributed by atoms with van der Waals surface area (Å²) in [6, 6.07) is 4.20. The summed E-state index contributed by atoms with van der Waals surface area (Å²) in [7, 11) is 0. The topological polar surface area (TPSA) is 95.6 Å². The molecule has 1 unspecified atom stereocenters. The minimum Gasteiger partial charge on any atom is -0.502 e. The summed E-state index contributed by atoms with van der Waals surface area (Å²) in [6.45, 7) is 1.23. The van der Waals surface area contributed by atoms with Crippen molar-refractivity contribution in [2.24, 2.45) is 0 Å². The third-order valence-corrected chi connectivity index (χ3v) is 2.99. The number of phenols is 1. The predicted octanol–water partition coefficient (Wildman–Crippen LogP) is 0.567. The lowest BCUT2D eigenvalue weighted by atomic mass is 9.93. The highest BCUT2D eigenvalue weighted by Crippen LogP contribution is 2.29. The van der Waals surface area contributed by atoms with Gasteiger partial charge in [0.15, 0.2) is 5.75 Å². The van der Waals surface area contributed by atoms with Gasteiger partial charge in [-0.15, -0.1) is 0 Å². The summed E-state index contributed by atoms with van der Waals surface area (Å²) in [5.74, 6) is -0.352. The molecule has 0 aromatic heterocycles. The first-order valence-corrected chi connectivity index (χ1v) is 5.40. The van der Waals surface area contributed by atoms with Crippen molar-refractivity contribution in [2.45, 2.75) is 18.4 Å². The van der Waals surface area contributed by atoms with Gasteiger partial charge in [-0.1, -0.05) is 6.07 Å². The number of aliphatic hydroxyl groups is 1. The van der Waals surface area contributed by atoms with Crippen LogP contribution in [0, 0.1) is 10.1 Å². The van der Waals surface area contributed by atoms with Crippen LogP contribution in [0.5, 0.6) is 5.75 Å². The second kappa shape index (κ2) is 4.31. The summed E-state index contributed by atoms with van der Waals surface area (Å²) >= 11 is 0. The fraction of sp³-hybridized carbons (Fsp3) is 0.455. The number of rotatable bonds is 3. The molecule has 0 spiro atoms. The quantitative estimate of drug-likeness (QED) is 0.528. The Morgan fingerprint density at radius 2 is 2.29 bits per heavy atom. The Kier molecular flexibility index (Phi) is 2.99. The maximum absolute atomic E-state index is 10.7. The van der Waals surface area contributed by atoms with Crippen LogP contribution >= 0.6 is 0 Å². The lowest BCUT2D eigenvalue weighted by molar-refractivity contribution is -0.385. The standard InChI is InChI=1S/C11H14N2O4/c14-10-2-1-8(5-9(10)13(16)17)6-11(15)3-4-12-7-11/h1-2,5,12,14-15H,3-4,6-7H2. The minimum absolute atomic E-state index is 0.322. The van der Waals surface area contributed by atoms with E-state index in [9.17, 15) is 20.3 Å². The van der Waals surface area contributed by atoms with Gasteiger partial charge in [0.2, 0.25) is 0 Å². The van der Waals surface area contributed by atoms with Gasteiger partial charge in [-0.05, 0) is 24.6 Å². The molecular weight excluding hydrogens is 224 g/mol. The zero-order valence-electron chi connectivity index (χ0n) is 9.22. The molecule has 1 fully saturated rings. The number of hydrogen-bond donors (Lipinski definition) is 3. The Morgan fingerprint density at radius 3 is 2.88 bits per heavy atom. The second-order valence-corrected chi connectivity index (χ2v) is 4.41. The van der Waals surface area contributed by atoms with Crippen molar-refractivity contribution in [1.82, 2.24) is 5.32 Å². The van der Waals surface area contributed by atoms with E-state index in [0.717, 1.165) is 6.54 Å². The molecule has 1 aliphatic rings. The van der Waals surface area contributed by atoms with Crippen LogP contribution in [0.2, 0.25) is 0 Å². The zero-order valence-corrected chi connectivity index (χ0v) is 9.22. The number of nitro groups is 1. The van der Waals surface area contributed by atoms with Gasteiger partial charge < -0.3 is 15.5 Å². The van der Waals surface area contributed by atoms with Crippen LogP contribution in [0.15, 0.2) is 18.2 Å². The van der Waals surface area contributed by atoms with Crippen LogP contribution in [0.3, 0.4) is 0 Å². The molecule has 3 N–H and O–H groups in total. The molecule has 1 aliphatic heterocycles. The maximum Gasteiger partial charge on any atom is 0.310 e. The Hall–Kier alpha value is -1.66. The third-order valence-electron chi connectivity index (χ3n) is 2.99. The Labute approximate surface area is 98.0 Å². The van der Waals surface area contributed by atoms with Crippen molar-refractivity contribution in [3.63, 3.8) is 0 Å². The summed E-state index contributed by atoms with van der Waals surface area (Å²) in [4.78, 5) is 10.0. The first kappa shape index (κ1) is 11.8. The van der Waals surface area contributed by atoms with Gasteiger partial charge in [0.25, 0.3) is 0 Å². The van der Waals surface area contributed by atoms with E-state index < -0.39 is 10.5 Å². The predicted molar refractivity (Wildman–Crippen MR) is 60.9 cm³/mol. The lowest BCUT2D eigenvalue weighted by Crippen LogP contribution is -2.33. The Morgan fingerprint density at radius 1 is 1.53 bits per heavy atom. The molecule has 1 heterocycles. The highest BCUT2D eigenvalue weighted by atomic mass is 16.6. The second-order valence-electron chi connectivity index (χ2n) is 4.41. The number of benzene rings is 1. The molecule has 17 heavy (non-hydrogen) atoms. The van der Waals surface area contributed by atoms with Gasteiger partial charge in [-0.25, -0.2) is 0 Å². The highest BCUT2D eigenvalue weighted by Gasteiger charge is 2.31. The van der Waals surface area contributed by atoms with E-state index in [1.54, 1.807) is 6.07 Å². The molecule has 0 radical (unpaired) electrons. The van der Waals surface area contributed by atoms with E-state index in [2.05, 4.69) is 5.32 Å². The molecular formula is C11H14N2O4. The van der Waals surface area contributed by atoms with E-state index in [0.29, 0.717) is 24.9 Å². The van der Waals surface area contributed by atoms with Crippen molar-refractivity contribution in [3.05, 3.63) is 33.9 Å². The van der Waals surface area contributed by atoms with Gasteiger partial charge >= 0.3 is 5.69 Å². The van der Waals surface area contributed by atoms with Crippen molar-refractivity contribution >= 4 is 5.69 Å². The minimum atomic E-state index is -0.842. The fourth-order valence-electron chi connectivity index (χ4n) is 2.09. The zero-order chi connectivity index (χ0) is 12.5. The Balaban J connectivity index is 2.22.